The molecule has 0 atom stereocenters. The fourth-order valence-electron chi connectivity index (χ4n) is 3.70. The van der Waals surface area contributed by atoms with Gasteiger partial charge in [0.1, 0.15) is 0 Å². The summed E-state index contributed by atoms with van der Waals surface area (Å²) in [4.78, 5) is 17.5. The number of carbonyl (C=O) groups is 1. The van der Waals surface area contributed by atoms with Crippen LogP contribution in [-0.2, 0) is 27.8 Å². The zero-order valence-corrected chi connectivity index (χ0v) is 23.8. The van der Waals surface area contributed by atoms with Gasteiger partial charge >= 0.3 is 0 Å². The predicted molar refractivity (Wildman–Crippen MR) is 149 cm³/mol. The molecule has 8 nitrogen and oxygen atoms in total. The van der Waals surface area contributed by atoms with Crippen molar-refractivity contribution < 1.29 is 17.7 Å². The maximum absolute atomic E-state index is 13.5. The van der Waals surface area contributed by atoms with Gasteiger partial charge in [0.25, 0.3) is 0 Å². The highest BCUT2D eigenvalue weighted by Gasteiger charge is 2.27. The Labute approximate surface area is 231 Å². The normalized spacial score (nSPS) is 11.7. The first-order valence-corrected chi connectivity index (χ1v) is 14.4. The van der Waals surface area contributed by atoms with E-state index in [4.69, 9.17) is 4.52 Å². The molecule has 1 aromatic heterocycles. The number of hydrogen-bond acceptors (Lipinski definition) is 6. The van der Waals surface area contributed by atoms with Gasteiger partial charge in [0.15, 0.2) is 5.82 Å². The predicted octanol–water partition coefficient (Wildman–Crippen LogP) is 5.68. The van der Waals surface area contributed by atoms with E-state index in [0.29, 0.717) is 23.8 Å². The van der Waals surface area contributed by atoms with Gasteiger partial charge in [-0.3, -0.25) is 4.79 Å². The summed E-state index contributed by atoms with van der Waals surface area (Å²) in [6.45, 7) is 5.58. The summed E-state index contributed by atoms with van der Waals surface area (Å²) in [6.07, 6.45) is 0.500. The lowest BCUT2D eigenvalue weighted by Gasteiger charge is -2.22. The van der Waals surface area contributed by atoms with Crippen molar-refractivity contribution in [1.29, 1.82) is 0 Å². The van der Waals surface area contributed by atoms with Crippen LogP contribution in [0, 0.1) is 6.92 Å². The lowest BCUT2D eigenvalue weighted by atomic mass is 10.1. The van der Waals surface area contributed by atoms with E-state index in [1.54, 1.807) is 36.4 Å². The highest BCUT2D eigenvalue weighted by molar-refractivity contribution is 9.10. The van der Waals surface area contributed by atoms with Crippen LogP contribution in [0.4, 0.5) is 5.69 Å². The van der Waals surface area contributed by atoms with E-state index in [0.717, 1.165) is 21.2 Å². The first kappa shape index (κ1) is 27.7. The molecule has 0 spiro atoms. The molecule has 1 amide bonds. The molecule has 0 fully saturated rings. The van der Waals surface area contributed by atoms with E-state index in [9.17, 15) is 13.2 Å². The molecular weight excluding hydrogens is 568 g/mol. The Balaban J connectivity index is 1.47. The monoisotopic (exact) mass is 596 g/mol. The lowest BCUT2D eigenvalue weighted by molar-refractivity contribution is -0.116. The number of aryl methyl sites for hydroxylation is 1. The van der Waals surface area contributed by atoms with Crippen LogP contribution in [0.3, 0.4) is 0 Å². The Hall–Kier alpha value is -3.34. The van der Waals surface area contributed by atoms with Gasteiger partial charge in [0, 0.05) is 29.0 Å². The third-order valence-corrected chi connectivity index (χ3v) is 8.16. The van der Waals surface area contributed by atoms with Crippen molar-refractivity contribution in [2.24, 2.45) is 0 Å². The lowest BCUT2D eigenvalue weighted by Crippen LogP contribution is -2.37. The van der Waals surface area contributed by atoms with Crippen LogP contribution in [0.15, 0.2) is 86.7 Å². The quantitative estimate of drug-likeness (QED) is 0.252. The van der Waals surface area contributed by atoms with Gasteiger partial charge in [-0.15, -0.1) is 0 Å². The minimum absolute atomic E-state index is 0.0545. The van der Waals surface area contributed by atoms with Gasteiger partial charge < -0.3 is 9.84 Å². The van der Waals surface area contributed by atoms with E-state index in [-0.39, 0.29) is 23.9 Å². The van der Waals surface area contributed by atoms with Crippen LogP contribution in [0.25, 0.3) is 0 Å². The Morgan fingerprint density at radius 3 is 2.21 bits per heavy atom. The van der Waals surface area contributed by atoms with Crippen molar-refractivity contribution in [2.75, 3.05) is 11.9 Å². The third-order valence-electron chi connectivity index (χ3n) is 5.83. The van der Waals surface area contributed by atoms with Crippen molar-refractivity contribution in [3.05, 3.63) is 106 Å². The molecule has 4 aromatic rings. The summed E-state index contributed by atoms with van der Waals surface area (Å²) in [7, 11) is -3.92. The second-order valence-corrected chi connectivity index (χ2v) is 12.2. The molecule has 3 aromatic carbocycles. The smallest absolute Gasteiger partial charge is 0.243 e. The Bertz CT molecular complexity index is 1480. The van der Waals surface area contributed by atoms with Gasteiger partial charge in [-0.05, 0) is 54.4 Å². The molecular formula is C28H29BrN4O4S. The molecule has 198 valence electrons. The number of rotatable bonds is 10. The van der Waals surface area contributed by atoms with Gasteiger partial charge in [0.2, 0.25) is 21.8 Å². The topological polar surface area (TPSA) is 105 Å². The molecule has 4 rings (SSSR count). The highest BCUT2D eigenvalue weighted by Crippen LogP contribution is 2.21. The van der Waals surface area contributed by atoms with E-state index < -0.39 is 15.9 Å². The summed E-state index contributed by atoms with van der Waals surface area (Å²) >= 11 is 3.39. The average Bonchev–Trinajstić information content (AvgIpc) is 3.35. The summed E-state index contributed by atoms with van der Waals surface area (Å²) in [5.41, 5.74) is 3.23. The van der Waals surface area contributed by atoms with Gasteiger partial charge in [-0.2, -0.15) is 9.29 Å². The maximum Gasteiger partial charge on any atom is 0.243 e. The van der Waals surface area contributed by atoms with E-state index >= 15 is 0 Å². The standard InChI is InChI=1S/C28H29BrN4O4S/c1-19(2)28-31-26(32-37-28)16-21-8-12-24(13-9-21)30-27(34)18-33(17-22-6-10-23(29)11-7-22)38(35,36)25-14-4-20(3)5-15-25/h4-15,19H,16-18H2,1-3H3,(H,30,34). The van der Waals surface area contributed by atoms with Crippen LogP contribution >= 0.6 is 15.9 Å². The zero-order valence-electron chi connectivity index (χ0n) is 21.4. The number of carbonyl (C=O) groups excluding carboxylic acids is 1. The molecule has 0 aliphatic heterocycles. The number of benzene rings is 3. The molecule has 1 heterocycles. The van der Waals surface area contributed by atoms with Crippen molar-refractivity contribution in [3.8, 4) is 0 Å². The zero-order chi connectivity index (χ0) is 27.3. The second-order valence-electron chi connectivity index (χ2n) is 9.34. The fourth-order valence-corrected chi connectivity index (χ4v) is 5.35. The second kappa shape index (κ2) is 12.0. The largest absolute Gasteiger partial charge is 0.339 e. The minimum atomic E-state index is -3.92. The van der Waals surface area contributed by atoms with E-state index in [1.165, 1.54) is 4.31 Å². The molecule has 10 heteroatoms. The van der Waals surface area contributed by atoms with Gasteiger partial charge in [0.05, 0.1) is 11.4 Å². The third kappa shape index (κ3) is 7.15. The van der Waals surface area contributed by atoms with Crippen molar-refractivity contribution >= 4 is 37.5 Å². The molecule has 0 saturated heterocycles. The molecule has 38 heavy (non-hydrogen) atoms. The van der Waals surface area contributed by atoms with Crippen LogP contribution in [0.5, 0.6) is 0 Å². The van der Waals surface area contributed by atoms with Crippen LogP contribution < -0.4 is 5.32 Å². The molecule has 0 bridgehead atoms. The highest BCUT2D eigenvalue weighted by atomic mass is 79.9. The summed E-state index contributed by atoms with van der Waals surface area (Å²) in [6, 6.07) is 21.2. The average molecular weight is 598 g/mol. The summed E-state index contributed by atoms with van der Waals surface area (Å²) < 4.78 is 34.3. The Kier molecular flexibility index (Phi) is 8.76. The molecule has 0 aliphatic carbocycles. The fraction of sp³-hybridized carbons (Fsp3) is 0.250. The van der Waals surface area contributed by atoms with Gasteiger partial charge in [-0.1, -0.05) is 76.9 Å². The number of halogens is 1. The summed E-state index contributed by atoms with van der Waals surface area (Å²) in [5, 5.41) is 6.81. The van der Waals surface area contributed by atoms with Gasteiger partial charge in [-0.25, -0.2) is 8.42 Å². The number of sulfonamides is 1. The summed E-state index contributed by atoms with van der Waals surface area (Å²) in [5.74, 6) is 0.907. The van der Waals surface area contributed by atoms with Crippen LogP contribution in [0.1, 0.15) is 48.2 Å². The first-order valence-electron chi connectivity index (χ1n) is 12.1. The maximum atomic E-state index is 13.5. The number of nitrogens with zero attached hydrogens (tertiary/aromatic N) is 3. The number of anilines is 1. The molecule has 0 unspecified atom stereocenters. The van der Waals surface area contributed by atoms with E-state index in [1.807, 2.05) is 57.2 Å². The van der Waals surface area contributed by atoms with E-state index in [2.05, 4.69) is 31.4 Å². The molecule has 1 N–H and O–H groups in total. The molecule has 0 saturated carbocycles. The van der Waals surface area contributed by atoms with Crippen molar-refractivity contribution in [3.63, 3.8) is 0 Å². The first-order chi connectivity index (χ1) is 18.1. The Morgan fingerprint density at radius 2 is 1.61 bits per heavy atom. The molecule has 0 radical (unpaired) electrons. The van der Waals surface area contributed by atoms with Crippen molar-refractivity contribution in [2.45, 2.75) is 44.6 Å². The minimum Gasteiger partial charge on any atom is -0.339 e. The Morgan fingerprint density at radius 1 is 0.974 bits per heavy atom. The number of amides is 1. The number of aromatic nitrogens is 2. The molecule has 0 aliphatic rings. The van der Waals surface area contributed by atoms with Crippen molar-refractivity contribution in [1.82, 2.24) is 14.4 Å². The SMILES string of the molecule is Cc1ccc(S(=O)(=O)N(CC(=O)Nc2ccc(Cc3noc(C(C)C)n3)cc2)Cc2ccc(Br)cc2)cc1. The number of hydrogen-bond donors (Lipinski definition) is 1. The number of nitrogens with one attached hydrogen (secondary N) is 1. The van der Waals surface area contributed by atoms with Crippen LogP contribution in [-0.4, -0.2) is 35.3 Å². The van der Waals surface area contributed by atoms with Crippen LogP contribution in [0.2, 0.25) is 0 Å².